The first-order chi connectivity index (χ1) is 14.1. The van der Waals surface area contributed by atoms with Crippen LogP contribution < -0.4 is 0 Å². The summed E-state index contributed by atoms with van der Waals surface area (Å²) in [5.74, 6) is 0.175. The fourth-order valence-electron chi connectivity index (χ4n) is 2.82. The van der Waals surface area contributed by atoms with Gasteiger partial charge >= 0.3 is 12.4 Å². The van der Waals surface area contributed by atoms with Crippen molar-refractivity contribution in [3.05, 3.63) is 82.7 Å². The Morgan fingerprint density at radius 3 is 2.00 bits per heavy atom. The van der Waals surface area contributed by atoms with E-state index in [0.29, 0.717) is 22.0 Å². The number of aliphatic hydroxyl groups excluding tert-OH is 1. The quantitative estimate of drug-likeness (QED) is 0.387. The van der Waals surface area contributed by atoms with Gasteiger partial charge in [0, 0.05) is 12.3 Å². The Kier molecular flexibility index (Phi) is 6.47. The van der Waals surface area contributed by atoms with Crippen LogP contribution >= 0.6 is 11.8 Å². The van der Waals surface area contributed by atoms with Gasteiger partial charge in [-0.25, -0.2) is 4.98 Å². The molecular formula is C20H16F6N2OS. The van der Waals surface area contributed by atoms with Gasteiger partial charge in [0.25, 0.3) is 0 Å². The van der Waals surface area contributed by atoms with Crippen LogP contribution in [0.25, 0.3) is 0 Å². The summed E-state index contributed by atoms with van der Waals surface area (Å²) in [6.45, 7) is -0.346. The van der Waals surface area contributed by atoms with Crippen LogP contribution in [0.3, 0.4) is 0 Å². The summed E-state index contributed by atoms with van der Waals surface area (Å²) in [5, 5.41) is 9.91. The molecule has 0 bridgehead atoms. The van der Waals surface area contributed by atoms with Crippen LogP contribution in [0, 0.1) is 0 Å². The molecule has 3 rings (SSSR count). The maximum absolute atomic E-state index is 13.0. The molecule has 0 saturated carbocycles. The van der Waals surface area contributed by atoms with E-state index >= 15 is 0 Å². The van der Waals surface area contributed by atoms with Crippen molar-refractivity contribution in [2.24, 2.45) is 0 Å². The van der Waals surface area contributed by atoms with Crippen molar-refractivity contribution < 1.29 is 31.4 Å². The molecular weight excluding hydrogens is 430 g/mol. The van der Waals surface area contributed by atoms with Gasteiger partial charge in [0.2, 0.25) is 0 Å². The van der Waals surface area contributed by atoms with Crippen LogP contribution in [-0.2, 0) is 31.3 Å². The first-order valence-corrected chi connectivity index (χ1v) is 9.67. The van der Waals surface area contributed by atoms with Crippen LogP contribution in [0.4, 0.5) is 26.3 Å². The highest BCUT2D eigenvalue weighted by Crippen LogP contribution is 2.32. The van der Waals surface area contributed by atoms with E-state index in [1.165, 1.54) is 24.4 Å². The van der Waals surface area contributed by atoms with Gasteiger partial charge in [-0.1, -0.05) is 42.1 Å². The van der Waals surface area contributed by atoms with E-state index in [4.69, 9.17) is 0 Å². The van der Waals surface area contributed by atoms with Crippen LogP contribution in [0.15, 0.2) is 59.9 Å². The molecule has 0 atom stereocenters. The molecule has 0 amide bonds. The van der Waals surface area contributed by atoms with E-state index in [1.54, 1.807) is 10.6 Å². The molecule has 0 radical (unpaired) electrons. The second-order valence-electron chi connectivity index (χ2n) is 6.46. The van der Waals surface area contributed by atoms with Crippen LogP contribution in [0.5, 0.6) is 0 Å². The topological polar surface area (TPSA) is 38.1 Å². The largest absolute Gasteiger partial charge is 0.416 e. The summed E-state index contributed by atoms with van der Waals surface area (Å²) in [5.41, 5.74) is -0.376. The minimum Gasteiger partial charge on any atom is -0.390 e. The first-order valence-electron chi connectivity index (χ1n) is 8.68. The van der Waals surface area contributed by atoms with Crippen LogP contribution in [0.2, 0.25) is 0 Å². The van der Waals surface area contributed by atoms with Gasteiger partial charge in [0.05, 0.1) is 29.6 Å². The lowest BCUT2D eigenvalue weighted by Crippen LogP contribution is -2.09. The van der Waals surface area contributed by atoms with Crippen molar-refractivity contribution >= 4 is 11.8 Å². The molecule has 0 unspecified atom stereocenters. The SMILES string of the molecule is OCc1cnc(SCc2cccc(C(F)(F)F)c2)n1Cc1cccc(C(F)(F)F)c1. The van der Waals surface area contributed by atoms with Crippen molar-refractivity contribution in [1.29, 1.82) is 0 Å². The minimum absolute atomic E-state index is 0.0325. The number of thioether (sulfide) groups is 1. The zero-order valence-electron chi connectivity index (χ0n) is 15.3. The number of halogens is 6. The van der Waals surface area contributed by atoms with Crippen molar-refractivity contribution in [3.63, 3.8) is 0 Å². The molecule has 0 aliphatic carbocycles. The van der Waals surface area contributed by atoms with E-state index in [9.17, 15) is 31.4 Å². The number of aromatic nitrogens is 2. The Hall–Kier alpha value is -2.46. The second kappa shape index (κ2) is 8.73. The molecule has 0 spiro atoms. The molecule has 160 valence electrons. The lowest BCUT2D eigenvalue weighted by Gasteiger charge is -2.13. The highest BCUT2D eigenvalue weighted by atomic mass is 32.2. The fourth-order valence-corrected chi connectivity index (χ4v) is 3.76. The van der Waals surface area contributed by atoms with Gasteiger partial charge in [0.1, 0.15) is 0 Å². The molecule has 0 saturated heterocycles. The Bertz CT molecular complexity index is 1010. The van der Waals surface area contributed by atoms with E-state index in [2.05, 4.69) is 4.98 Å². The monoisotopic (exact) mass is 446 g/mol. The maximum Gasteiger partial charge on any atom is 0.416 e. The summed E-state index contributed by atoms with van der Waals surface area (Å²) in [7, 11) is 0. The molecule has 30 heavy (non-hydrogen) atoms. The summed E-state index contributed by atoms with van der Waals surface area (Å²) >= 11 is 1.14. The lowest BCUT2D eigenvalue weighted by atomic mass is 10.1. The number of nitrogens with zero attached hydrogens (tertiary/aromatic N) is 2. The Labute approximate surface area is 172 Å². The van der Waals surface area contributed by atoms with Crippen molar-refractivity contribution in [1.82, 2.24) is 9.55 Å². The number of alkyl halides is 6. The molecule has 2 aromatic carbocycles. The first kappa shape index (κ1) is 22.2. The molecule has 10 heteroatoms. The van der Waals surface area contributed by atoms with Gasteiger partial charge in [-0.3, -0.25) is 0 Å². The van der Waals surface area contributed by atoms with Crippen LogP contribution in [-0.4, -0.2) is 14.7 Å². The Balaban J connectivity index is 1.81. The van der Waals surface area contributed by atoms with Gasteiger partial charge in [0.15, 0.2) is 5.16 Å². The highest BCUT2D eigenvalue weighted by molar-refractivity contribution is 7.98. The number of aliphatic hydroxyl groups is 1. The molecule has 1 heterocycles. The molecule has 0 aliphatic rings. The molecule has 0 aliphatic heterocycles. The zero-order chi connectivity index (χ0) is 21.9. The number of hydrogen-bond acceptors (Lipinski definition) is 3. The number of rotatable bonds is 6. The molecule has 0 fully saturated rings. The molecule has 3 aromatic rings. The van der Waals surface area contributed by atoms with Gasteiger partial charge in [-0.05, 0) is 29.3 Å². The third kappa shape index (κ3) is 5.37. The minimum atomic E-state index is -4.48. The normalized spacial score (nSPS) is 12.4. The third-order valence-corrected chi connectivity index (χ3v) is 5.34. The summed E-state index contributed by atoms with van der Waals surface area (Å²) < 4.78 is 79.0. The molecule has 1 N–H and O–H groups in total. The summed E-state index contributed by atoms with van der Waals surface area (Å²) in [6, 6.07) is 9.69. The third-order valence-electron chi connectivity index (χ3n) is 4.28. The Morgan fingerprint density at radius 2 is 1.43 bits per heavy atom. The fraction of sp³-hybridized carbons (Fsp3) is 0.250. The molecule has 3 nitrogen and oxygen atoms in total. The van der Waals surface area contributed by atoms with Gasteiger partial charge < -0.3 is 9.67 Å². The van der Waals surface area contributed by atoms with Crippen LogP contribution in [0.1, 0.15) is 27.9 Å². The van der Waals surface area contributed by atoms with E-state index in [0.717, 1.165) is 36.0 Å². The van der Waals surface area contributed by atoms with Crippen molar-refractivity contribution in [3.8, 4) is 0 Å². The number of imidazole rings is 1. The average Bonchev–Trinajstić information content (AvgIpc) is 3.07. The summed E-state index contributed by atoms with van der Waals surface area (Å²) in [4.78, 5) is 4.16. The van der Waals surface area contributed by atoms with E-state index in [-0.39, 0.29) is 18.9 Å². The second-order valence-corrected chi connectivity index (χ2v) is 7.40. The van der Waals surface area contributed by atoms with Crippen molar-refractivity contribution in [2.75, 3.05) is 0 Å². The predicted octanol–water partition coefficient (Wildman–Crippen LogP) is 5.75. The molecule has 1 aromatic heterocycles. The van der Waals surface area contributed by atoms with Gasteiger partial charge in [-0.2, -0.15) is 26.3 Å². The maximum atomic E-state index is 13.0. The summed E-state index contributed by atoms with van der Waals surface area (Å²) in [6.07, 6.45) is -7.54. The predicted molar refractivity (Wildman–Crippen MR) is 99.7 cm³/mol. The highest BCUT2D eigenvalue weighted by Gasteiger charge is 2.31. The number of hydrogen-bond donors (Lipinski definition) is 1. The Morgan fingerprint density at radius 1 is 0.867 bits per heavy atom. The van der Waals surface area contributed by atoms with E-state index in [1.807, 2.05) is 0 Å². The van der Waals surface area contributed by atoms with E-state index < -0.39 is 23.5 Å². The zero-order valence-corrected chi connectivity index (χ0v) is 16.2. The standard InChI is InChI=1S/C20H16F6N2OS/c21-19(22,23)15-5-1-3-13(7-15)10-28-17(11-29)9-27-18(28)30-12-14-4-2-6-16(8-14)20(24,25)26/h1-9,29H,10-12H2. The van der Waals surface area contributed by atoms with Crippen molar-refractivity contribution in [2.45, 2.75) is 36.4 Å². The van der Waals surface area contributed by atoms with Gasteiger partial charge in [-0.15, -0.1) is 0 Å². The lowest BCUT2D eigenvalue weighted by molar-refractivity contribution is -0.138. The average molecular weight is 446 g/mol. The smallest absolute Gasteiger partial charge is 0.390 e. The number of benzene rings is 2.